The largest absolute Gasteiger partial charge is 0.416 e. The molecule has 3 rings (SSSR count). The number of alkyl halides is 3. The number of nitrogens with zero attached hydrogens (tertiary/aromatic N) is 2. The molecule has 0 saturated heterocycles. The van der Waals surface area contributed by atoms with Gasteiger partial charge in [-0.1, -0.05) is 17.3 Å². The molecule has 1 aromatic carbocycles. The monoisotopic (exact) mass is 345 g/mol. The Bertz CT molecular complexity index is 708. The smallest absolute Gasteiger partial charge is 0.335 e. The average molecular weight is 346 g/mol. The van der Waals surface area contributed by atoms with Crippen molar-refractivity contribution in [2.24, 2.45) is 5.73 Å². The highest BCUT2D eigenvalue weighted by Crippen LogP contribution is 2.37. The van der Waals surface area contributed by atoms with Crippen LogP contribution in [-0.2, 0) is 11.7 Å². The van der Waals surface area contributed by atoms with Gasteiger partial charge in [-0.15, -0.1) is 12.4 Å². The number of rotatable bonds is 3. The normalized spacial score (nSPS) is 16.9. The van der Waals surface area contributed by atoms with E-state index in [2.05, 4.69) is 10.1 Å². The van der Waals surface area contributed by atoms with Crippen molar-refractivity contribution in [3.8, 4) is 0 Å². The summed E-state index contributed by atoms with van der Waals surface area (Å²) in [6.07, 6.45) is 1.26. The summed E-state index contributed by atoms with van der Waals surface area (Å²) in [5.74, 6) is 0.673. The Balaban J connectivity index is 0.00000192. The summed E-state index contributed by atoms with van der Waals surface area (Å²) in [4.78, 5) is 4.18. The molecule has 1 aliphatic rings. The Hall–Kier alpha value is -1.86. The molecule has 1 heterocycles. The first-order valence-electron chi connectivity index (χ1n) is 6.85. The number of benzene rings is 1. The zero-order valence-electron chi connectivity index (χ0n) is 12.0. The molecule has 0 amide bonds. The third-order valence-corrected chi connectivity index (χ3v) is 3.77. The second kappa shape index (κ2) is 6.33. The van der Waals surface area contributed by atoms with Crippen LogP contribution in [0.25, 0.3) is 12.2 Å². The van der Waals surface area contributed by atoms with Gasteiger partial charge in [0.15, 0.2) is 5.82 Å². The quantitative estimate of drug-likeness (QED) is 0.912. The van der Waals surface area contributed by atoms with Gasteiger partial charge in [-0.25, -0.2) is 0 Å². The Labute approximate surface area is 137 Å². The average Bonchev–Trinajstić information content (AvgIpc) is 2.91. The summed E-state index contributed by atoms with van der Waals surface area (Å²) in [6.45, 7) is 0. The first-order chi connectivity index (χ1) is 10.4. The molecule has 1 aromatic heterocycles. The summed E-state index contributed by atoms with van der Waals surface area (Å²) in [5, 5.41) is 3.84. The summed E-state index contributed by atoms with van der Waals surface area (Å²) in [6, 6.07) is 5.01. The SMILES string of the molecule is Cl.NC1(c2noc(/C=C/c3cccc(C(F)(F)F)c3)n2)CCC1. The van der Waals surface area contributed by atoms with Crippen molar-refractivity contribution in [1.29, 1.82) is 0 Å². The van der Waals surface area contributed by atoms with Crippen molar-refractivity contribution >= 4 is 24.6 Å². The minimum Gasteiger partial charge on any atom is -0.335 e. The molecule has 0 bridgehead atoms. The lowest BCUT2D eigenvalue weighted by Gasteiger charge is -2.34. The van der Waals surface area contributed by atoms with Gasteiger partial charge in [0.05, 0.1) is 11.1 Å². The van der Waals surface area contributed by atoms with Gasteiger partial charge >= 0.3 is 6.18 Å². The molecule has 0 aliphatic heterocycles. The van der Waals surface area contributed by atoms with Gasteiger partial charge in [0.2, 0.25) is 0 Å². The van der Waals surface area contributed by atoms with Crippen LogP contribution in [0.2, 0.25) is 0 Å². The predicted molar refractivity (Wildman–Crippen MR) is 81.6 cm³/mol. The van der Waals surface area contributed by atoms with Crippen molar-refractivity contribution < 1.29 is 17.7 Å². The van der Waals surface area contributed by atoms with Crippen molar-refractivity contribution in [1.82, 2.24) is 10.1 Å². The molecule has 1 fully saturated rings. The zero-order valence-corrected chi connectivity index (χ0v) is 12.8. The zero-order chi connectivity index (χ0) is 15.8. The third-order valence-electron chi connectivity index (χ3n) is 3.77. The summed E-state index contributed by atoms with van der Waals surface area (Å²) in [5.41, 5.74) is 5.26. The van der Waals surface area contributed by atoms with Crippen LogP contribution < -0.4 is 5.73 Å². The summed E-state index contributed by atoms with van der Waals surface area (Å²) < 4.78 is 43.0. The van der Waals surface area contributed by atoms with Gasteiger partial charge in [-0.2, -0.15) is 18.2 Å². The van der Waals surface area contributed by atoms with Gasteiger partial charge in [0.1, 0.15) is 0 Å². The highest BCUT2D eigenvalue weighted by atomic mass is 35.5. The fourth-order valence-electron chi connectivity index (χ4n) is 2.27. The number of hydrogen-bond acceptors (Lipinski definition) is 4. The molecule has 8 heteroatoms. The first-order valence-corrected chi connectivity index (χ1v) is 6.85. The highest BCUT2D eigenvalue weighted by Gasteiger charge is 2.38. The van der Waals surface area contributed by atoms with Gasteiger partial charge in [-0.05, 0) is 43.0 Å². The van der Waals surface area contributed by atoms with Crippen molar-refractivity contribution in [2.75, 3.05) is 0 Å². The fourth-order valence-corrected chi connectivity index (χ4v) is 2.27. The maximum absolute atomic E-state index is 12.6. The summed E-state index contributed by atoms with van der Waals surface area (Å²) >= 11 is 0. The van der Waals surface area contributed by atoms with E-state index in [9.17, 15) is 13.2 Å². The summed E-state index contributed by atoms with van der Waals surface area (Å²) in [7, 11) is 0. The maximum Gasteiger partial charge on any atom is 0.416 e. The van der Waals surface area contributed by atoms with Crippen LogP contribution in [0.4, 0.5) is 13.2 Å². The molecule has 0 radical (unpaired) electrons. The van der Waals surface area contributed by atoms with Crippen LogP contribution in [0.1, 0.15) is 42.1 Å². The molecule has 0 unspecified atom stereocenters. The first kappa shape index (κ1) is 17.5. The van der Waals surface area contributed by atoms with E-state index in [4.69, 9.17) is 10.3 Å². The van der Waals surface area contributed by atoms with Crippen LogP contribution in [0.5, 0.6) is 0 Å². The molecule has 4 nitrogen and oxygen atoms in total. The van der Waals surface area contributed by atoms with Crippen molar-refractivity contribution in [2.45, 2.75) is 31.0 Å². The molecular weight excluding hydrogens is 331 g/mol. The number of hydrogen-bond donors (Lipinski definition) is 1. The van der Waals surface area contributed by atoms with Crippen molar-refractivity contribution in [3.63, 3.8) is 0 Å². The van der Waals surface area contributed by atoms with Crippen LogP contribution in [0, 0.1) is 0 Å². The van der Waals surface area contributed by atoms with Crippen LogP contribution in [0.15, 0.2) is 28.8 Å². The molecule has 1 aliphatic carbocycles. The van der Waals surface area contributed by atoms with E-state index in [1.54, 1.807) is 6.07 Å². The van der Waals surface area contributed by atoms with Crippen molar-refractivity contribution in [3.05, 3.63) is 47.1 Å². The number of nitrogens with two attached hydrogens (primary N) is 1. The number of halogens is 4. The fraction of sp³-hybridized carbons (Fsp3) is 0.333. The molecule has 23 heavy (non-hydrogen) atoms. The van der Waals surface area contributed by atoms with E-state index in [-0.39, 0.29) is 18.3 Å². The Morgan fingerprint density at radius 1 is 1.22 bits per heavy atom. The lowest BCUT2D eigenvalue weighted by Crippen LogP contribution is -2.44. The minimum absolute atomic E-state index is 0. The van der Waals surface area contributed by atoms with Crippen LogP contribution in [0.3, 0.4) is 0 Å². The van der Waals surface area contributed by atoms with Gasteiger partial charge in [0.25, 0.3) is 5.89 Å². The Morgan fingerprint density at radius 2 is 1.96 bits per heavy atom. The lowest BCUT2D eigenvalue weighted by atomic mass is 9.77. The second-order valence-corrected chi connectivity index (χ2v) is 5.42. The molecule has 2 N–H and O–H groups in total. The molecule has 124 valence electrons. The molecular formula is C15H15ClF3N3O. The highest BCUT2D eigenvalue weighted by molar-refractivity contribution is 5.85. The van der Waals surface area contributed by atoms with E-state index < -0.39 is 17.3 Å². The Kier molecular flexibility index (Phi) is 4.81. The van der Waals surface area contributed by atoms with Crippen LogP contribution >= 0.6 is 12.4 Å². The second-order valence-electron chi connectivity index (χ2n) is 5.42. The molecule has 1 saturated carbocycles. The van der Waals surface area contributed by atoms with Gasteiger partial charge in [0, 0.05) is 6.08 Å². The third kappa shape index (κ3) is 3.73. The van der Waals surface area contributed by atoms with Gasteiger partial charge in [-0.3, -0.25) is 0 Å². The predicted octanol–water partition coefficient (Wildman–Crippen LogP) is 4.02. The topological polar surface area (TPSA) is 64.9 Å². The van der Waals surface area contributed by atoms with E-state index in [0.717, 1.165) is 31.4 Å². The lowest BCUT2D eigenvalue weighted by molar-refractivity contribution is -0.137. The molecule has 0 spiro atoms. The maximum atomic E-state index is 12.6. The minimum atomic E-state index is -4.36. The Morgan fingerprint density at radius 3 is 2.57 bits per heavy atom. The molecule has 2 aromatic rings. The van der Waals surface area contributed by atoms with E-state index in [1.165, 1.54) is 18.2 Å². The molecule has 0 atom stereocenters. The standard InChI is InChI=1S/C15H14F3N3O.ClH/c16-15(17,18)11-4-1-3-10(9-11)5-6-12-20-13(21-22-12)14(19)7-2-8-14;/h1,3-6,9H,2,7-8,19H2;1H/b6-5+;. The van der Waals surface area contributed by atoms with Crippen LogP contribution in [-0.4, -0.2) is 10.1 Å². The van der Waals surface area contributed by atoms with E-state index in [0.29, 0.717) is 11.4 Å². The van der Waals surface area contributed by atoms with Gasteiger partial charge < -0.3 is 10.3 Å². The number of aromatic nitrogens is 2. The van der Waals surface area contributed by atoms with E-state index in [1.807, 2.05) is 0 Å². The van der Waals surface area contributed by atoms with E-state index >= 15 is 0 Å².